The van der Waals surface area contributed by atoms with E-state index in [4.69, 9.17) is 9.47 Å². The summed E-state index contributed by atoms with van der Waals surface area (Å²) in [6.07, 6.45) is 2.44. The molecule has 0 aliphatic carbocycles. The van der Waals surface area contributed by atoms with Crippen LogP contribution in [0.1, 0.15) is 33.6 Å². The number of hydrogen-bond donors (Lipinski definition) is 1. The number of nitrogens with one attached hydrogen (secondary N) is 1. The van der Waals surface area contributed by atoms with Gasteiger partial charge in [-0.3, -0.25) is 0 Å². The van der Waals surface area contributed by atoms with E-state index < -0.39 is 0 Å². The topological polar surface area (TPSA) is 30.5 Å². The number of rotatable bonds is 11. The Morgan fingerprint density at radius 2 is 1.67 bits per heavy atom. The molecule has 0 rings (SSSR count). The maximum atomic E-state index is 5.49. The van der Waals surface area contributed by atoms with Crippen molar-refractivity contribution in [3.05, 3.63) is 0 Å². The minimum absolute atomic E-state index is 0.790. The fraction of sp³-hybridized carbons (Fsp3) is 1.00. The highest BCUT2D eigenvalue weighted by molar-refractivity contribution is 4.47. The zero-order valence-electron chi connectivity index (χ0n) is 10.6. The Morgan fingerprint density at radius 3 is 2.27 bits per heavy atom. The average Bonchev–Trinajstić information content (AvgIpc) is 2.20. The predicted octanol–water partition coefficient (Wildman–Crippen LogP) is 2.07. The molecule has 1 N–H and O–H groups in total. The van der Waals surface area contributed by atoms with Gasteiger partial charge in [0.05, 0.1) is 13.2 Å². The fourth-order valence-corrected chi connectivity index (χ4v) is 1.25. The molecule has 0 unspecified atom stereocenters. The van der Waals surface area contributed by atoms with Crippen molar-refractivity contribution in [2.45, 2.75) is 33.6 Å². The van der Waals surface area contributed by atoms with E-state index in [1.165, 1.54) is 12.8 Å². The van der Waals surface area contributed by atoms with Gasteiger partial charge >= 0.3 is 0 Å². The van der Waals surface area contributed by atoms with E-state index in [9.17, 15) is 0 Å². The summed E-state index contributed by atoms with van der Waals surface area (Å²) in [6, 6.07) is 0. The van der Waals surface area contributed by atoms with Crippen LogP contribution in [0, 0.1) is 5.92 Å². The van der Waals surface area contributed by atoms with Crippen LogP contribution in [0.4, 0.5) is 0 Å². The second-order valence-electron chi connectivity index (χ2n) is 4.10. The molecule has 3 nitrogen and oxygen atoms in total. The second-order valence-corrected chi connectivity index (χ2v) is 4.10. The maximum Gasteiger partial charge on any atom is 0.0590 e. The Bertz CT molecular complexity index is 118. The van der Waals surface area contributed by atoms with E-state index in [0.717, 1.165) is 45.4 Å². The lowest BCUT2D eigenvalue weighted by molar-refractivity contribution is 0.122. The molecule has 0 bridgehead atoms. The molecule has 15 heavy (non-hydrogen) atoms. The average molecular weight is 217 g/mol. The van der Waals surface area contributed by atoms with Crippen molar-refractivity contribution in [1.82, 2.24) is 5.32 Å². The first-order valence-electron chi connectivity index (χ1n) is 6.13. The van der Waals surface area contributed by atoms with Gasteiger partial charge in [-0.05, 0) is 25.7 Å². The van der Waals surface area contributed by atoms with E-state index in [2.05, 4.69) is 19.2 Å². The molecule has 0 saturated carbocycles. The van der Waals surface area contributed by atoms with E-state index in [1.807, 2.05) is 6.92 Å². The van der Waals surface area contributed by atoms with Crippen LogP contribution < -0.4 is 5.32 Å². The summed E-state index contributed by atoms with van der Waals surface area (Å²) in [5.41, 5.74) is 0. The summed E-state index contributed by atoms with van der Waals surface area (Å²) < 4.78 is 10.7. The lowest BCUT2D eigenvalue weighted by Crippen LogP contribution is -2.24. The van der Waals surface area contributed by atoms with Crippen molar-refractivity contribution in [3.8, 4) is 0 Å². The third-order valence-corrected chi connectivity index (χ3v) is 2.12. The Balaban J connectivity index is 2.87. The highest BCUT2D eigenvalue weighted by Crippen LogP contribution is 2.02. The Labute approximate surface area is 94.5 Å². The normalized spacial score (nSPS) is 11.2. The van der Waals surface area contributed by atoms with Crippen LogP contribution in [0.2, 0.25) is 0 Å². The van der Waals surface area contributed by atoms with Gasteiger partial charge in [-0.15, -0.1) is 0 Å². The molecule has 0 aliphatic heterocycles. The summed E-state index contributed by atoms with van der Waals surface area (Å²) in [7, 11) is 0. The van der Waals surface area contributed by atoms with Crippen LogP contribution in [0.15, 0.2) is 0 Å². The molecule has 0 amide bonds. The molecule has 0 aromatic rings. The Morgan fingerprint density at radius 1 is 1.00 bits per heavy atom. The summed E-state index contributed by atoms with van der Waals surface area (Å²) in [6.45, 7) is 11.6. The summed E-state index contributed by atoms with van der Waals surface area (Å²) in [5.74, 6) is 0.790. The van der Waals surface area contributed by atoms with Crippen LogP contribution in [-0.4, -0.2) is 39.5 Å². The molecular weight excluding hydrogens is 190 g/mol. The van der Waals surface area contributed by atoms with E-state index >= 15 is 0 Å². The SMILES string of the molecule is CCOCCNCCOCCCC(C)C. The van der Waals surface area contributed by atoms with Crippen molar-refractivity contribution >= 4 is 0 Å². The first kappa shape index (κ1) is 14.9. The molecule has 92 valence electrons. The van der Waals surface area contributed by atoms with Crippen LogP contribution in [0.25, 0.3) is 0 Å². The molecule has 0 spiro atoms. The van der Waals surface area contributed by atoms with Gasteiger partial charge in [-0.1, -0.05) is 13.8 Å². The van der Waals surface area contributed by atoms with Gasteiger partial charge in [-0.25, -0.2) is 0 Å². The van der Waals surface area contributed by atoms with E-state index in [1.54, 1.807) is 0 Å². The highest BCUT2D eigenvalue weighted by Gasteiger charge is 1.94. The molecule has 0 fully saturated rings. The Kier molecular flexibility index (Phi) is 11.9. The molecule has 0 saturated heterocycles. The highest BCUT2D eigenvalue weighted by atomic mass is 16.5. The van der Waals surface area contributed by atoms with Crippen molar-refractivity contribution in [1.29, 1.82) is 0 Å². The second kappa shape index (κ2) is 12.0. The predicted molar refractivity (Wildman–Crippen MR) is 64.3 cm³/mol. The van der Waals surface area contributed by atoms with Crippen molar-refractivity contribution < 1.29 is 9.47 Å². The molecule has 3 heteroatoms. The molecule has 0 aromatic carbocycles. The lowest BCUT2D eigenvalue weighted by atomic mass is 10.1. The first-order chi connectivity index (χ1) is 7.27. The molecular formula is C12H27NO2. The number of ether oxygens (including phenoxy) is 2. The quantitative estimate of drug-likeness (QED) is 0.537. The van der Waals surface area contributed by atoms with Crippen molar-refractivity contribution in [2.75, 3.05) is 39.5 Å². The fourth-order valence-electron chi connectivity index (χ4n) is 1.25. The zero-order valence-corrected chi connectivity index (χ0v) is 10.6. The largest absolute Gasteiger partial charge is 0.380 e. The molecule has 0 aliphatic rings. The first-order valence-corrected chi connectivity index (χ1v) is 6.13. The lowest BCUT2D eigenvalue weighted by Gasteiger charge is -2.07. The van der Waals surface area contributed by atoms with Gasteiger partial charge in [0.15, 0.2) is 0 Å². The van der Waals surface area contributed by atoms with Crippen molar-refractivity contribution in [3.63, 3.8) is 0 Å². The molecule has 0 radical (unpaired) electrons. The van der Waals surface area contributed by atoms with Gasteiger partial charge in [0.2, 0.25) is 0 Å². The maximum absolute atomic E-state index is 5.49. The zero-order chi connectivity index (χ0) is 11.4. The minimum Gasteiger partial charge on any atom is -0.380 e. The van der Waals surface area contributed by atoms with Crippen LogP contribution in [0.3, 0.4) is 0 Å². The Hall–Kier alpha value is -0.120. The molecule has 0 heterocycles. The molecule has 0 aromatic heterocycles. The van der Waals surface area contributed by atoms with Crippen LogP contribution in [0.5, 0.6) is 0 Å². The smallest absolute Gasteiger partial charge is 0.0590 e. The molecule has 0 atom stereocenters. The third kappa shape index (κ3) is 13.9. The summed E-state index contributed by atoms with van der Waals surface area (Å²) in [4.78, 5) is 0. The van der Waals surface area contributed by atoms with Gasteiger partial charge in [0, 0.05) is 26.3 Å². The van der Waals surface area contributed by atoms with Gasteiger partial charge in [0.1, 0.15) is 0 Å². The standard InChI is InChI=1S/C12H27NO2/c1-4-14-10-7-13-8-11-15-9-5-6-12(2)3/h12-13H,4-11H2,1-3H3. The third-order valence-electron chi connectivity index (χ3n) is 2.12. The van der Waals surface area contributed by atoms with Gasteiger partial charge < -0.3 is 14.8 Å². The van der Waals surface area contributed by atoms with Crippen molar-refractivity contribution in [2.24, 2.45) is 5.92 Å². The summed E-state index contributed by atoms with van der Waals surface area (Å²) >= 11 is 0. The monoisotopic (exact) mass is 217 g/mol. The van der Waals surface area contributed by atoms with Crippen LogP contribution in [-0.2, 0) is 9.47 Å². The van der Waals surface area contributed by atoms with E-state index in [-0.39, 0.29) is 0 Å². The minimum atomic E-state index is 0.790. The van der Waals surface area contributed by atoms with E-state index in [0.29, 0.717) is 0 Å². The van der Waals surface area contributed by atoms with Gasteiger partial charge in [-0.2, -0.15) is 0 Å². The number of hydrogen-bond acceptors (Lipinski definition) is 3. The van der Waals surface area contributed by atoms with Gasteiger partial charge in [0.25, 0.3) is 0 Å². The summed E-state index contributed by atoms with van der Waals surface area (Å²) in [5, 5.41) is 3.27. The van der Waals surface area contributed by atoms with Crippen LogP contribution >= 0.6 is 0 Å².